The number of hydrogen-bond acceptors (Lipinski definition) is 7. The summed E-state index contributed by atoms with van der Waals surface area (Å²) in [5, 5.41) is 8.08. The number of primary amides is 1. The van der Waals surface area contributed by atoms with E-state index >= 15 is 0 Å². The molecule has 1 aromatic rings. The lowest BCUT2D eigenvalue weighted by Gasteiger charge is -2.31. The summed E-state index contributed by atoms with van der Waals surface area (Å²) in [5.41, 5.74) is 15.1. The third kappa shape index (κ3) is 10.6. The summed E-state index contributed by atoms with van der Waals surface area (Å²) in [6.45, 7) is 5.74. The van der Waals surface area contributed by atoms with Crippen LogP contribution in [-0.4, -0.2) is 105 Å². The zero-order valence-electron chi connectivity index (χ0n) is 27.7. The van der Waals surface area contributed by atoms with Gasteiger partial charge in [0.05, 0.1) is 0 Å². The van der Waals surface area contributed by atoms with Gasteiger partial charge in [-0.15, -0.1) is 0 Å². The van der Waals surface area contributed by atoms with Gasteiger partial charge in [-0.25, -0.2) is 0 Å². The number of carbonyl (C=O) groups is 7. The molecule has 2 heterocycles. The fourth-order valence-electron chi connectivity index (χ4n) is 6.18. The Morgan fingerprint density at radius 1 is 0.896 bits per heavy atom. The van der Waals surface area contributed by atoms with E-state index in [1.165, 1.54) is 16.7 Å². The number of Topliss-reactive ketones (excluding diaryl/α,β-unsaturated/α-hetero) is 1. The highest BCUT2D eigenvalue weighted by Crippen LogP contribution is 2.22. The molecule has 0 radical (unpaired) electrons. The van der Waals surface area contributed by atoms with Gasteiger partial charge in [0.25, 0.3) is 0 Å². The first-order chi connectivity index (χ1) is 22.8. The molecule has 5 N–H and O–H groups in total. The molecular formula is C33H46N8O7. The molecule has 1 aromatic carbocycles. The van der Waals surface area contributed by atoms with Gasteiger partial charge in [-0.2, -0.15) is 4.79 Å². The minimum Gasteiger partial charge on any atom is -0.368 e. The van der Waals surface area contributed by atoms with E-state index in [2.05, 4.69) is 20.7 Å². The fraction of sp³-hybridized carbons (Fsp3) is 0.576. The molecular weight excluding hydrogens is 620 g/mol. The van der Waals surface area contributed by atoms with Crippen LogP contribution < -0.4 is 21.7 Å². The molecule has 15 heteroatoms. The molecule has 0 bridgehead atoms. The van der Waals surface area contributed by atoms with Crippen molar-refractivity contribution in [3.8, 4) is 0 Å². The third-order valence-corrected chi connectivity index (χ3v) is 8.58. The van der Waals surface area contributed by atoms with Crippen molar-refractivity contribution in [1.29, 1.82) is 0 Å². The summed E-state index contributed by atoms with van der Waals surface area (Å²) in [5.74, 6) is -3.95. The Morgan fingerprint density at radius 2 is 1.48 bits per heavy atom. The van der Waals surface area contributed by atoms with Crippen LogP contribution in [0.4, 0.5) is 0 Å². The molecule has 15 nitrogen and oxygen atoms in total. The molecule has 2 aliphatic rings. The molecule has 0 aliphatic carbocycles. The maximum atomic E-state index is 14.0. The minimum absolute atomic E-state index is 0.0581. The molecule has 48 heavy (non-hydrogen) atoms. The van der Waals surface area contributed by atoms with E-state index in [0.29, 0.717) is 38.4 Å². The minimum atomic E-state index is -1.25. The lowest BCUT2D eigenvalue weighted by atomic mass is 10.0. The van der Waals surface area contributed by atoms with Gasteiger partial charge in [0.15, 0.2) is 0 Å². The van der Waals surface area contributed by atoms with Crippen molar-refractivity contribution in [2.45, 2.75) is 102 Å². The van der Waals surface area contributed by atoms with Crippen LogP contribution in [0.2, 0.25) is 0 Å². The van der Waals surface area contributed by atoms with Crippen LogP contribution in [0.25, 0.3) is 5.53 Å². The standard InChI is InChI=1S/C33H46N8O7/c1-20(2)17-26(33(48)41-16-8-12-28(41)32(47)38-25(29(34)44)18-22-9-5-4-6-10-22)39-30(45)24(14-13-23(43)19-36-35)37-31(46)27-11-7-15-40(27)21(3)42/h4-6,9-10,19-20,24-28H,7-8,11-18H2,1-3H3,(H2,34,44)(H,37,46)(H,38,47)(H,39,45). The Morgan fingerprint density at radius 3 is 2.04 bits per heavy atom. The van der Waals surface area contributed by atoms with E-state index in [1.807, 2.05) is 44.2 Å². The van der Waals surface area contributed by atoms with Crippen molar-refractivity contribution >= 4 is 47.4 Å². The van der Waals surface area contributed by atoms with Gasteiger partial charge in [0.1, 0.15) is 30.2 Å². The van der Waals surface area contributed by atoms with Crippen LogP contribution in [0.1, 0.15) is 71.3 Å². The van der Waals surface area contributed by atoms with Crippen molar-refractivity contribution < 1.29 is 38.4 Å². The highest BCUT2D eigenvalue weighted by molar-refractivity contribution is 6.25. The van der Waals surface area contributed by atoms with Crippen molar-refractivity contribution in [3.05, 3.63) is 41.4 Å². The largest absolute Gasteiger partial charge is 0.368 e. The zero-order valence-corrected chi connectivity index (χ0v) is 27.7. The van der Waals surface area contributed by atoms with Crippen molar-refractivity contribution in [3.63, 3.8) is 0 Å². The van der Waals surface area contributed by atoms with E-state index in [4.69, 9.17) is 11.3 Å². The summed E-state index contributed by atoms with van der Waals surface area (Å²) >= 11 is 0. The summed E-state index contributed by atoms with van der Waals surface area (Å²) in [6.07, 6.45) is 2.56. The van der Waals surface area contributed by atoms with Gasteiger partial charge in [-0.05, 0) is 50.0 Å². The summed E-state index contributed by atoms with van der Waals surface area (Å²) in [7, 11) is 0. The molecule has 2 saturated heterocycles. The number of nitrogens with one attached hydrogen (secondary N) is 3. The van der Waals surface area contributed by atoms with Gasteiger partial charge >= 0.3 is 6.21 Å². The van der Waals surface area contributed by atoms with Gasteiger partial charge in [0.2, 0.25) is 41.2 Å². The number of hydrogen-bond donors (Lipinski definition) is 4. The monoisotopic (exact) mass is 666 g/mol. The number of carbonyl (C=O) groups excluding carboxylic acids is 7. The number of nitrogens with two attached hydrogens (primary N) is 1. The SMILES string of the molecule is CC(=O)N1CCCC1C(=O)NC(CCC(=O)C=[N+]=[N-])C(=O)NC(CC(C)C)C(=O)N1CCCC1C(=O)NC(Cc1ccccc1)C(N)=O. The predicted molar refractivity (Wildman–Crippen MR) is 174 cm³/mol. The second kappa shape index (κ2) is 17.9. The van der Waals surface area contributed by atoms with Crippen molar-refractivity contribution in [2.24, 2.45) is 11.7 Å². The molecule has 0 saturated carbocycles. The fourth-order valence-corrected chi connectivity index (χ4v) is 6.18. The van der Waals surface area contributed by atoms with Crippen molar-refractivity contribution in [2.75, 3.05) is 13.1 Å². The molecule has 0 aromatic heterocycles. The average molecular weight is 667 g/mol. The van der Waals surface area contributed by atoms with Crippen LogP contribution >= 0.6 is 0 Å². The van der Waals surface area contributed by atoms with Gasteiger partial charge in [-0.3, -0.25) is 33.6 Å². The van der Waals surface area contributed by atoms with Crippen LogP contribution in [0.3, 0.4) is 0 Å². The number of nitrogens with zero attached hydrogens (tertiary/aromatic N) is 4. The molecule has 6 amide bonds. The summed E-state index contributed by atoms with van der Waals surface area (Å²) in [6, 6.07) is 4.07. The first kappa shape index (κ1) is 37.5. The second-order valence-electron chi connectivity index (χ2n) is 12.7. The van der Waals surface area contributed by atoms with E-state index < -0.39 is 65.5 Å². The number of benzene rings is 1. The van der Waals surface area contributed by atoms with Gasteiger partial charge < -0.3 is 37.0 Å². The Balaban J connectivity index is 1.77. The molecule has 2 aliphatic heterocycles. The quantitative estimate of drug-likeness (QED) is 0.106. The third-order valence-electron chi connectivity index (χ3n) is 8.58. The lowest BCUT2D eigenvalue weighted by Crippen LogP contribution is -2.59. The van der Waals surface area contributed by atoms with E-state index in [-0.39, 0.29) is 44.1 Å². The van der Waals surface area contributed by atoms with Crippen molar-refractivity contribution in [1.82, 2.24) is 25.8 Å². The van der Waals surface area contributed by atoms with Crippen LogP contribution in [0.15, 0.2) is 30.3 Å². The predicted octanol–water partition coefficient (Wildman–Crippen LogP) is -0.133. The molecule has 3 rings (SSSR count). The molecule has 2 fully saturated rings. The molecule has 5 atom stereocenters. The second-order valence-corrected chi connectivity index (χ2v) is 12.7. The van der Waals surface area contributed by atoms with E-state index in [9.17, 15) is 33.6 Å². The zero-order chi connectivity index (χ0) is 35.4. The molecule has 5 unspecified atom stereocenters. The number of rotatable bonds is 16. The van der Waals surface area contributed by atoms with Gasteiger partial charge in [-0.1, -0.05) is 44.2 Å². The Kier molecular flexibility index (Phi) is 14.0. The highest BCUT2D eigenvalue weighted by atomic mass is 16.2. The number of likely N-dealkylation sites (tertiary alicyclic amines) is 2. The highest BCUT2D eigenvalue weighted by Gasteiger charge is 2.40. The van der Waals surface area contributed by atoms with Crippen LogP contribution in [0, 0.1) is 5.92 Å². The maximum Gasteiger partial charge on any atom is 0.323 e. The summed E-state index contributed by atoms with van der Waals surface area (Å²) < 4.78 is 0. The van der Waals surface area contributed by atoms with Crippen LogP contribution in [0.5, 0.6) is 0 Å². The van der Waals surface area contributed by atoms with Crippen LogP contribution in [-0.2, 0) is 40.0 Å². The Labute approximate surface area is 279 Å². The van der Waals surface area contributed by atoms with Gasteiger partial charge in [0, 0.05) is 32.9 Å². The summed E-state index contributed by atoms with van der Waals surface area (Å²) in [4.78, 5) is 96.2. The molecule has 260 valence electrons. The average Bonchev–Trinajstić information content (AvgIpc) is 3.73. The smallest absolute Gasteiger partial charge is 0.323 e. The Hall–Kier alpha value is -4.91. The van der Waals surface area contributed by atoms with E-state index in [1.54, 1.807) is 0 Å². The first-order valence-corrected chi connectivity index (χ1v) is 16.3. The molecule has 0 spiro atoms. The van der Waals surface area contributed by atoms with E-state index in [0.717, 1.165) is 5.56 Å². The normalized spacial score (nSPS) is 19.1. The Bertz CT molecular complexity index is 1410. The number of ketones is 1. The lowest BCUT2D eigenvalue weighted by molar-refractivity contribution is -0.143. The topological polar surface area (TPSA) is 224 Å². The first-order valence-electron chi connectivity index (χ1n) is 16.3. The number of amides is 6. The maximum absolute atomic E-state index is 14.0.